The average molecular weight is 505 g/mol. The number of alkyl halides is 1. The van der Waals surface area contributed by atoms with E-state index in [1.54, 1.807) is 12.1 Å². The van der Waals surface area contributed by atoms with Crippen LogP contribution in [0.1, 0.15) is 82.0 Å². The van der Waals surface area contributed by atoms with Crippen LogP contribution in [0.2, 0.25) is 0 Å². The van der Waals surface area contributed by atoms with Crippen LogP contribution in [0.4, 0.5) is 0 Å². The van der Waals surface area contributed by atoms with Gasteiger partial charge in [0.05, 0.1) is 36.4 Å². The van der Waals surface area contributed by atoms with Crippen LogP contribution in [0, 0.1) is 0 Å². The van der Waals surface area contributed by atoms with Crippen molar-refractivity contribution in [2.24, 2.45) is 0 Å². The largest absolute Gasteiger partial charge is 0.494 e. The van der Waals surface area contributed by atoms with E-state index >= 15 is 0 Å². The highest BCUT2D eigenvalue weighted by Crippen LogP contribution is 2.26. The van der Waals surface area contributed by atoms with Gasteiger partial charge in [-0.3, -0.25) is 0 Å². The van der Waals surface area contributed by atoms with Gasteiger partial charge in [0.1, 0.15) is 5.75 Å². The maximum Gasteiger partial charge on any atom is 0.336 e. The van der Waals surface area contributed by atoms with E-state index in [2.05, 4.69) is 13.8 Å². The predicted octanol–water partition coefficient (Wildman–Crippen LogP) is 7.33. The van der Waals surface area contributed by atoms with E-state index in [4.69, 9.17) is 21.1 Å². The number of rotatable bonds is 18. The summed E-state index contributed by atoms with van der Waals surface area (Å²) < 4.78 is 12.0. The van der Waals surface area contributed by atoms with Crippen molar-refractivity contribution in [3.63, 3.8) is 0 Å². The quantitative estimate of drug-likeness (QED) is 0.164. The fraction of sp³-hybridized carbons (Fsp3) is 0.552. The third-order valence-electron chi connectivity index (χ3n) is 6.13. The van der Waals surface area contributed by atoms with Gasteiger partial charge in [-0.05, 0) is 55.0 Å². The van der Waals surface area contributed by atoms with Gasteiger partial charge < -0.3 is 19.7 Å². The fourth-order valence-corrected chi connectivity index (χ4v) is 4.36. The number of ether oxygens (including phenoxy) is 2. The van der Waals surface area contributed by atoms with E-state index in [9.17, 15) is 15.0 Å². The lowest BCUT2D eigenvalue weighted by molar-refractivity contribution is -0.0203. The van der Waals surface area contributed by atoms with Gasteiger partial charge in [0.25, 0.3) is 0 Å². The molecule has 0 amide bonds. The van der Waals surface area contributed by atoms with Crippen molar-refractivity contribution >= 4 is 17.6 Å². The van der Waals surface area contributed by atoms with Crippen molar-refractivity contribution in [1.29, 1.82) is 0 Å². The number of carboxylic acids is 1. The molecule has 0 aromatic heterocycles. The van der Waals surface area contributed by atoms with Crippen molar-refractivity contribution < 1.29 is 24.5 Å². The van der Waals surface area contributed by atoms with Gasteiger partial charge in [-0.25, -0.2) is 4.79 Å². The summed E-state index contributed by atoms with van der Waals surface area (Å²) in [7, 11) is 0. The number of carbonyl (C=O) groups is 1. The lowest BCUT2D eigenvalue weighted by Crippen LogP contribution is -2.29. The van der Waals surface area contributed by atoms with Gasteiger partial charge in [-0.1, -0.05) is 76.3 Å². The highest BCUT2D eigenvalue weighted by atomic mass is 35.5. The first-order valence-electron chi connectivity index (χ1n) is 13.0. The number of unbranched alkanes of at least 4 members (excludes halogenated alkanes) is 3. The Bertz CT molecular complexity index is 854. The standard InChI is InChI=1S/C29H41ClO5/c1-3-5-6-7-12-23(35-21-28(31)27(30)11-4-2)13-10-20-34-24-18-16-22(17-19-24)25-14-8-9-15-26(25)29(32)33/h8-9,14-19,23,27-28,31H,3-7,10-13,20-21H2,1-2H3,(H,32,33)/t23?,27-,28+/m1/s1. The Morgan fingerprint density at radius 1 is 0.914 bits per heavy atom. The third-order valence-corrected chi connectivity index (χ3v) is 6.64. The van der Waals surface area contributed by atoms with E-state index in [-0.39, 0.29) is 23.7 Å². The zero-order chi connectivity index (χ0) is 25.5. The molecule has 0 aliphatic carbocycles. The lowest BCUT2D eigenvalue weighted by atomic mass is 10.00. The smallest absolute Gasteiger partial charge is 0.336 e. The first-order chi connectivity index (χ1) is 17.0. The molecule has 0 saturated heterocycles. The molecule has 1 unspecified atom stereocenters. The SMILES string of the molecule is CCCCCCC(CCCOc1ccc(-c2ccccc2C(=O)O)cc1)OC[C@H](O)[C@H](Cl)CCC. The van der Waals surface area contributed by atoms with Crippen molar-refractivity contribution in [3.05, 3.63) is 54.1 Å². The van der Waals surface area contributed by atoms with Crippen LogP contribution in [-0.2, 0) is 4.74 Å². The number of aliphatic hydroxyl groups is 1. The molecule has 6 heteroatoms. The molecule has 3 atom stereocenters. The Morgan fingerprint density at radius 3 is 2.31 bits per heavy atom. The Balaban J connectivity index is 1.83. The summed E-state index contributed by atoms with van der Waals surface area (Å²) in [6, 6.07) is 14.5. The normalized spacial score (nSPS) is 13.8. The Labute approximate surface area is 215 Å². The van der Waals surface area contributed by atoms with E-state index in [0.29, 0.717) is 12.2 Å². The van der Waals surface area contributed by atoms with E-state index in [1.807, 2.05) is 36.4 Å². The molecule has 0 radical (unpaired) electrons. The summed E-state index contributed by atoms with van der Waals surface area (Å²) in [6.07, 6.45) is 8.59. The maximum atomic E-state index is 11.5. The lowest BCUT2D eigenvalue weighted by Gasteiger charge is -2.22. The van der Waals surface area contributed by atoms with Crippen LogP contribution in [0.25, 0.3) is 11.1 Å². The molecule has 0 heterocycles. The zero-order valence-corrected chi connectivity index (χ0v) is 21.9. The molecule has 0 aliphatic rings. The molecule has 2 N–H and O–H groups in total. The fourth-order valence-electron chi connectivity index (χ4n) is 4.07. The maximum absolute atomic E-state index is 11.5. The second-order valence-corrected chi connectivity index (χ2v) is 9.60. The minimum atomic E-state index is -0.938. The van der Waals surface area contributed by atoms with Crippen LogP contribution in [0.15, 0.2) is 48.5 Å². The van der Waals surface area contributed by atoms with Crippen molar-refractivity contribution in [3.8, 4) is 16.9 Å². The molecule has 35 heavy (non-hydrogen) atoms. The number of halogens is 1. The van der Waals surface area contributed by atoms with Gasteiger partial charge in [0.15, 0.2) is 0 Å². The molecule has 0 bridgehead atoms. The summed E-state index contributed by atoms with van der Waals surface area (Å²) in [5, 5.41) is 19.4. The monoisotopic (exact) mass is 504 g/mol. The molecule has 5 nitrogen and oxygen atoms in total. The Morgan fingerprint density at radius 2 is 1.63 bits per heavy atom. The number of carboxylic acid groups (broad SMARTS) is 1. The number of hydrogen-bond acceptors (Lipinski definition) is 4. The van der Waals surface area contributed by atoms with Gasteiger partial charge in [0, 0.05) is 0 Å². The average Bonchev–Trinajstić information content (AvgIpc) is 2.87. The van der Waals surface area contributed by atoms with Crippen LogP contribution in [0.5, 0.6) is 5.75 Å². The van der Waals surface area contributed by atoms with Crippen LogP contribution in [0.3, 0.4) is 0 Å². The minimum absolute atomic E-state index is 0.0884. The molecular weight excluding hydrogens is 464 g/mol. The van der Waals surface area contributed by atoms with Crippen LogP contribution in [-0.4, -0.2) is 47.0 Å². The first-order valence-corrected chi connectivity index (χ1v) is 13.4. The zero-order valence-electron chi connectivity index (χ0n) is 21.1. The topological polar surface area (TPSA) is 76.0 Å². The molecule has 2 aromatic carbocycles. The van der Waals surface area contributed by atoms with Gasteiger partial charge in [-0.2, -0.15) is 0 Å². The summed E-state index contributed by atoms with van der Waals surface area (Å²) in [6.45, 7) is 5.10. The predicted molar refractivity (Wildman–Crippen MR) is 143 cm³/mol. The summed E-state index contributed by atoms with van der Waals surface area (Å²) in [5.41, 5.74) is 1.82. The summed E-state index contributed by atoms with van der Waals surface area (Å²) >= 11 is 6.25. The highest BCUT2D eigenvalue weighted by Gasteiger charge is 2.18. The van der Waals surface area contributed by atoms with E-state index in [0.717, 1.165) is 49.8 Å². The number of aliphatic hydroxyl groups excluding tert-OH is 1. The van der Waals surface area contributed by atoms with E-state index < -0.39 is 12.1 Å². The molecular formula is C29H41ClO5. The number of aromatic carboxylic acids is 1. The van der Waals surface area contributed by atoms with Crippen molar-refractivity contribution in [2.45, 2.75) is 89.2 Å². The Kier molecular flexibility index (Phi) is 13.8. The molecule has 0 saturated carbocycles. The van der Waals surface area contributed by atoms with Gasteiger partial charge >= 0.3 is 5.97 Å². The molecule has 0 fully saturated rings. The van der Waals surface area contributed by atoms with Gasteiger partial charge in [0.2, 0.25) is 0 Å². The third kappa shape index (κ3) is 10.6. The second-order valence-electron chi connectivity index (χ2n) is 9.04. The summed E-state index contributed by atoms with van der Waals surface area (Å²) in [4.78, 5) is 11.5. The van der Waals surface area contributed by atoms with Crippen molar-refractivity contribution in [2.75, 3.05) is 13.2 Å². The molecule has 194 valence electrons. The molecule has 2 aromatic rings. The molecule has 0 spiro atoms. The molecule has 0 aliphatic heterocycles. The number of hydrogen-bond donors (Lipinski definition) is 2. The Hall–Kier alpha value is -2.08. The summed E-state index contributed by atoms with van der Waals surface area (Å²) in [5.74, 6) is -0.186. The molecule has 2 rings (SSSR count). The van der Waals surface area contributed by atoms with Crippen molar-refractivity contribution in [1.82, 2.24) is 0 Å². The first kappa shape index (κ1) is 29.2. The highest BCUT2D eigenvalue weighted by molar-refractivity contribution is 6.21. The van der Waals surface area contributed by atoms with Gasteiger partial charge in [-0.15, -0.1) is 11.6 Å². The second kappa shape index (κ2) is 16.6. The van der Waals surface area contributed by atoms with E-state index in [1.165, 1.54) is 19.3 Å². The number of benzene rings is 2. The van der Waals surface area contributed by atoms with Crippen LogP contribution >= 0.6 is 11.6 Å². The van der Waals surface area contributed by atoms with Crippen LogP contribution < -0.4 is 4.74 Å². The minimum Gasteiger partial charge on any atom is -0.494 e.